The van der Waals surface area contributed by atoms with Crippen LogP contribution in [0.25, 0.3) is 0 Å². The van der Waals surface area contributed by atoms with Gasteiger partial charge in [0.1, 0.15) is 12.4 Å². The van der Waals surface area contributed by atoms with Gasteiger partial charge in [0.25, 0.3) is 0 Å². The number of nitrogens with zero attached hydrogens (tertiary/aromatic N) is 5. The SMILES string of the molecule is N#Cc1ccc(CC(Nc2ncnc(Nc3cccc(CN4CCNCC4)c3)n2)C(=O)O)cc1. The van der Waals surface area contributed by atoms with E-state index in [0.717, 1.165) is 44.0 Å². The van der Waals surface area contributed by atoms with E-state index in [1.165, 1.54) is 11.9 Å². The fourth-order valence-electron chi connectivity index (χ4n) is 3.74. The van der Waals surface area contributed by atoms with Crippen LogP contribution in [-0.2, 0) is 17.8 Å². The summed E-state index contributed by atoms with van der Waals surface area (Å²) in [6.07, 6.45) is 1.55. The van der Waals surface area contributed by atoms with Crippen molar-refractivity contribution < 1.29 is 9.90 Å². The first kappa shape index (κ1) is 23.1. The number of carboxylic acid groups (broad SMARTS) is 1. The fraction of sp³-hybridized carbons (Fsp3) is 0.292. The molecule has 3 aromatic rings. The summed E-state index contributed by atoms with van der Waals surface area (Å²) >= 11 is 0. The van der Waals surface area contributed by atoms with E-state index in [9.17, 15) is 9.90 Å². The largest absolute Gasteiger partial charge is 0.480 e. The van der Waals surface area contributed by atoms with E-state index in [0.29, 0.717) is 11.5 Å². The maximum absolute atomic E-state index is 11.8. The number of aromatic nitrogens is 3. The van der Waals surface area contributed by atoms with Crippen LogP contribution < -0.4 is 16.0 Å². The molecule has 1 unspecified atom stereocenters. The molecule has 0 bridgehead atoms. The number of carbonyl (C=O) groups is 1. The zero-order chi connectivity index (χ0) is 23.8. The highest BCUT2D eigenvalue weighted by atomic mass is 16.4. The summed E-state index contributed by atoms with van der Waals surface area (Å²) in [7, 11) is 0. The van der Waals surface area contributed by atoms with E-state index in [1.54, 1.807) is 24.3 Å². The third kappa shape index (κ3) is 6.48. The standard InChI is InChI=1S/C24H26N8O2/c25-14-18-6-4-17(5-7-18)13-21(22(33)34)30-24-28-16-27-23(31-24)29-20-3-1-2-19(12-20)15-32-10-8-26-9-11-32/h1-7,12,16,21,26H,8-11,13,15H2,(H,33,34)(H2,27,28,29,30,31). The maximum Gasteiger partial charge on any atom is 0.326 e. The Kier molecular flexibility index (Phi) is 7.60. The molecule has 34 heavy (non-hydrogen) atoms. The quantitative estimate of drug-likeness (QED) is 0.376. The maximum atomic E-state index is 11.8. The number of nitrogens with one attached hydrogen (secondary N) is 3. The number of hydrogen-bond acceptors (Lipinski definition) is 9. The number of hydrogen-bond donors (Lipinski definition) is 4. The molecule has 2 heterocycles. The van der Waals surface area contributed by atoms with Crippen LogP contribution in [0.15, 0.2) is 54.9 Å². The van der Waals surface area contributed by atoms with Gasteiger partial charge in [-0.25, -0.2) is 14.8 Å². The molecule has 0 amide bonds. The minimum atomic E-state index is -1.03. The molecule has 1 aliphatic heterocycles. The first-order valence-electron chi connectivity index (χ1n) is 11.1. The molecule has 1 fully saturated rings. The second-order valence-electron chi connectivity index (χ2n) is 8.03. The highest BCUT2D eigenvalue weighted by Gasteiger charge is 2.19. The van der Waals surface area contributed by atoms with Gasteiger partial charge in [-0.05, 0) is 35.4 Å². The third-order valence-electron chi connectivity index (χ3n) is 5.50. The van der Waals surface area contributed by atoms with E-state index in [1.807, 2.05) is 18.2 Å². The van der Waals surface area contributed by atoms with Crippen molar-refractivity contribution in [2.45, 2.75) is 19.0 Å². The molecule has 1 saturated heterocycles. The topological polar surface area (TPSA) is 139 Å². The van der Waals surface area contributed by atoms with Gasteiger partial charge in [0, 0.05) is 44.8 Å². The van der Waals surface area contributed by atoms with Gasteiger partial charge in [-0.2, -0.15) is 10.2 Å². The molecule has 0 aliphatic carbocycles. The van der Waals surface area contributed by atoms with Crippen LogP contribution in [0.3, 0.4) is 0 Å². The van der Waals surface area contributed by atoms with E-state index in [4.69, 9.17) is 5.26 Å². The summed E-state index contributed by atoms with van der Waals surface area (Å²) in [5.41, 5.74) is 3.34. The Morgan fingerprint density at radius 3 is 2.62 bits per heavy atom. The Labute approximate surface area is 197 Å². The molecule has 1 aromatic heterocycles. The number of carboxylic acids is 1. The van der Waals surface area contributed by atoms with Crippen LogP contribution in [0.5, 0.6) is 0 Å². The van der Waals surface area contributed by atoms with Gasteiger partial charge < -0.3 is 21.1 Å². The van der Waals surface area contributed by atoms with Gasteiger partial charge in [-0.3, -0.25) is 4.90 Å². The molecule has 10 heteroatoms. The van der Waals surface area contributed by atoms with Crippen LogP contribution in [0.2, 0.25) is 0 Å². The van der Waals surface area contributed by atoms with Gasteiger partial charge >= 0.3 is 5.97 Å². The predicted octanol–water partition coefficient (Wildman–Crippen LogP) is 2.00. The Balaban J connectivity index is 1.41. The summed E-state index contributed by atoms with van der Waals surface area (Å²) in [5.74, 6) is -0.547. The van der Waals surface area contributed by atoms with Gasteiger partial charge in [-0.15, -0.1) is 0 Å². The predicted molar refractivity (Wildman–Crippen MR) is 128 cm³/mol. The second kappa shape index (κ2) is 11.2. The molecule has 0 saturated carbocycles. The van der Waals surface area contributed by atoms with Crippen molar-refractivity contribution in [1.82, 2.24) is 25.2 Å². The lowest BCUT2D eigenvalue weighted by Crippen LogP contribution is -2.42. The van der Waals surface area contributed by atoms with E-state index >= 15 is 0 Å². The van der Waals surface area contributed by atoms with Crippen molar-refractivity contribution in [1.29, 1.82) is 5.26 Å². The van der Waals surface area contributed by atoms with Crippen LogP contribution in [-0.4, -0.2) is 63.1 Å². The summed E-state index contributed by atoms with van der Waals surface area (Å²) in [4.78, 5) is 26.8. The molecule has 2 aromatic carbocycles. The summed E-state index contributed by atoms with van der Waals surface area (Å²) < 4.78 is 0. The van der Waals surface area contributed by atoms with Gasteiger partial charge in [-0.1, -0.05) is 24.3 Å². The number of nitriles is 1. The lowest BCUT2D eigenvalue weighted by molar-refractivity contribution is -0.137. The molecule has 10 nitrogen and oxygen atoms in total. The highest BCUT2D eigenvalue weighted by Crippen LogP contribution is 2.17. The molecule has 174 valence electrons. The van der Waals surface area contributed by atoms with Crippen molar-refractivity contribution in [3.05, 3.63) is 71.5 Å². The monoisotopic (exact) mass is 458 g/mol. The van der Waals surface area contributed by atoms with Gasteiger partial charge in [0.05, 0.1) is 11.6 Å². The number of aliphatic carboxylic acids is 1. The van der Waals surface area contributed by atoms with Gasteiger partial charge in [0.2, 0.25) is 11.9 Å². The normalized spacial score (nSPS) is 14.7. The average Bonchev–Trinajstić information content (AvgIpc) is 2.85. The van der Waals surface area contributed by atoms with Crippen molar-refractivity contribution in [2.24, 2.45) is 0 Å². The zero-order valence-electron chi connectivity index (χ0n) is 18.6. The van der Waals surface area contributed by atoms with Crippen molar-refractivity contribution in [3.8, 4) is 6.07 Å². The number of anilines is 3. The molecular formula is C24H26N8O2. The Hall–Kier alpha value is -4.07. The van der Waals surface area contributed by atoms with Crippen molar-refractivity contribution >= 4 is 23.6 Å². The molecular weight excluding hydrogens is 432 g/mol. The Bertz CT molecular complexity index is 1160. The van der Waals surface area contributed by atoms with Crippen molar-refractivity contribution in [3.63, 3.8) is 0 Å². The molecule has 4 rings (SSSR count). The summed E-state index contributed by atoms with van der Waals surface area (Å²) in [5, 5.41) is 28.0. The van der Waals surface area contributed by atoms with Crippen LogP contribution >= 0.6 is 0 Å². The molecule has 0 spiro atoms. The second-order valence-corrected chi connectivity index (χ2v) is 8.03. The lowest BCUT2D eigenvalue weighted by atomic mass is 10.0. The van der Waals surface area contributed by atoms with E-state index in [2.05, 4.69) is 47.9 Å². The molecule has 1 aliphatic rings. The molecule has 1 atom stereocenters. The van der Waals surface area contributed by atoms with Crippen LogP contribution in [0.1, 0.15) is 16.7 Å². The van der Waals surface area contributed by atoms with Gasteiger partial charge in [0.15, 0.2) is 0 Å². The Morgan fingerprint density at radius 1 is 1.12 bits per heavy atom. The van der Waals surface area contributed by atoms with Crippen LogP contribution in [0.4, 0.5) is 17.6 Å². The minimum Gasteiger partial charge on any atom is -0.480 e. The smallest absolute Gasteiger partial charge is 0.326 e. The fourth-order valence-corrected chi connectivity index (χ4v) is 3.74. The molecule has 4 N–H and O–H groups in total. The average molecular weight is 459 g/mol. The summed E-state index contributed by atoms with van der Waals surface area (Å²) in [6.45, 7) is 4.92. The first-order valence-corrected chi connectivity index (χ1v) is 11.1. The Morgan fingerprint density at radius 2 is 1.88 bits per heavy atom. The number of piperazine rings is 1. The minimum absolute atomic E-state index is 0.163. The number of benzene rings is 2. The van der Waals surface area contributed by atoms with Crippen LogP contribution in [0, 0.1) is 11.3 Å². The zero-order valence-corrected chi connectivity index (χ0v) is 18.6. The third-order valence-corrected chi connectivity index (χ3v) is 5.50. The van der Waals surface area contributed by atoms with E-state index in [-0.39, 0.29) is 12.4 Å². The van der Waals surface area contributed by atoms with Crippen molar-refractivity contribution in [2.75, 3.05) is 36.8 Å². The highest BCUT2D eigenvalue weighted by molar-refractivity contribution is 5.77. The number of rotatable bonds is 9. The lowest BCUT2D eigenvalue weighted by Gasteiger charge is -2.27. The van der Waals surface area contributed by atoms with E-state index < -0.39 is 12.0 Å². The molecule has 0 radical (unpaired) electrons. The first-order chi connectivity index (χ1) is 16.6. The summed E-state index contributed by atoms with van der Waals surface area (Å²) in [6, 6.07) is 16.0.